The second-order valence-electron chi connectivity index (χ2n) is 4.79. The number of imide groups is 1. The highest BCUT2D eigenvalue weighted by Gasteiger charge is 2.29. The molecule has 3 amide bonds. The maximum Gasteiger partial charge on any atom is 0.326 e. The van der Waals surface area contributed by atoms with E-state index in [1.165, 1.54) is 0 Å². The first-order chi connectivity index (χ1) is 9.45. The molecule has 1 fully saturated rings. The molecule has 1 saturated heterocycles. The Balaban J connectivity index is 2.39. The smallest absolute Gasteiger partial charge is 0.326 e. The third-order valence-corrected chi connectivity index (χ3v) is 3.20. The van der Waals surface area contributed by atoms with Gasteiger partial charge in [-0.1, -0.05) is 19.8 Å². The number of carboxylic acid groups (broad SMARTS) is 1. The van der Waals surface area contributed by atoms with E-state index < -0.39 is 17.9 Å². The Labute approximate surface area is 117 Å². The number of carbonyl (C=O) groups is 4. The Morgan fingerprint density at radius 2 is 1.90 bits per heavy atom. The maximum absolute atomic E-state index is 11.7. The molecule has 0 bridgehead atoms. The van der Waals surface area contributed by atoms with E-state index in [1.54, 1.807) is 0 Å². The highest BCUT2D eigenvalue weighted by atomic mass is 16.4. The summed E-state index contributed by atoms with van der Waals surface area (Å²) in [6.07, 6.45) is 2.24. The Kier molecular flexibility index (Phi) is 6.14. The summed E-state index contributed by atoms with van der Waals surface area (Å²) in [4.78, 5) is 46.4. The number of nitrogens with one attached hydrogen (secondary N) is 1. The van der Waals surface area contributed by atoms with Crippen molar-refractivity contribution in [2.75, 3.05) is 6.54 Å². The minimum atomic E-state index is -1.07. The van der Waals surface area contributed by atoms with Gasteiger partial charge in [0.15, 0.2) is 0 Å². The quantitative estimate of drug-likeness (QED) is 0.623. The van der Waals surface area contributed by atoms with E-state index in [2.05, 4.69) is 5.32 Å². The zero-order valence-corrected chi connectivity index (χ0v) is 11.6. The lowest BCUT2D eigenvalue weighted by atomic mass is 10.1. The van der Waals surface area contributed by atoms with Gasteiger partial charge in [-0.05, 0) is 6.42 Å². The van der Waals surface area contributed by atoms with Crippen LogP contribution in [0, 0.1) is 0 Å². The van der Waals surface area contributed by atoms with Crippen LogP contribution in [0.1, 0.15) is 45.4 Å². The molecule has 7 heteroatoms. The minimum Gasteiger partial charge on any atom is -0.480 e. The van der Waals surface area contributed by atoms with Gasteiger partial charge >= 0.3 is 5.97 Å². The second kappa shape index (κ2) is 7.62. The van der Waals surface area contributed by atoms with Crippen LogP contribution >= 0.6 is 0 Å². The normalized spacial score (nSPS) is 16.4. The number of amides is 3. The van der Waals surface area contributed by atoms with Gasteiger partial charge in [-0.2, -0.15) is 0 Å². The van der Waals surface area contributed by atoms with E-state index in [-0.39, 0.29) is 37.6 Å². The molecule has 0 aliphatic carbocycles. The summed E-state index contributed by atoms with van der Waals surface area (Å²) < 4.78 is 0. The fourth-order valence-corrected chi connectivity index (χ4v) is 2.02. The van der Waals surface area contributed by atoms with Crippen LogP contribution in [0.3, 0.4) is 0 Å². The number of likely N-dealkylation sites (tertiary alicyclic amines) is 1. The first-order valence-electron chi connectivity index (χ1n) is 6.81. The molecular formula is C13H20N2O5. The Morgan fingerprint density at radius 1 is 1.30 bits per heavy atom. The number of unbranched alkanes of at least 4 members (excludes halogenated alkanes) is 1. The average molecular weight is 284 g/mol. The lowest BCUT2D eigenvalue weighted by Crippen LogP contribution is -2.42. The molecule has 0 saturated carbocycles. The molecule has 112 valence electrons. The molecule has 0 unspecified atom stereocenters. The molecule has 1 aliphatic heterocycles. The van der Waals surface area contributed by atoms with Crippen LogP contribution in [0.15, 0.2) is 0 Å². The zero-order chi connectivity index (χ0) is 15.1. The highest BCUT2D eigenvalue weighted by molar-refractivity contribution is 6.02. The molecular weight excluding hydrogens is 264 g/mol. The maximum atomic E-state index is 11.7. The summed E-state index contributed by atoms with van der Waals surface area (Å²) in [7, 11) is 0. The monoisotopic (exact) mass is 284 g/mol. The van der Waals surface area contributed by atoms with Crippen LogP contribution in [0.2, 0.25) is 0 Å². The summed E-state index contributed by atoms with van der Waals surface area (Å²) in [6, 6.07) is -0.910. The number of hydrogen-bond donors (Lipinski definition) is 2. The highest BCUT2D eigenvalue weighted by Crippen LogP contribution is 2.11. The third-order valence-electron chi connectivity index (χ3n) is 3.20. The number of carbonyl (C=O) groups excluding carboxylic acids is 3. The van der Waals surface area contributed by atoms with Gasteiger partial charge in [-0.25, -0.2) is 4.79 Å². The first-order valence-corrected chi connectivity index (χ1v) is 6.81. The summed E-state index contributed by atoms with van der Waals surface area (Å²) in [5.41, 5.74) is 0. The molecule has 1 aliphatic rings. The molecule has 0 spiro atoms. The topological polar surface area (TPSA) is 104 Å². The lowest BCUT2D eigenvalue weighted by molar-refractivity contribution is -0.143. The van der Waals surface area contributed by atoms with E-state index in [0.717, 1.165) is 11.3 Å². The van der Waals surface area contributed by atoms with Gasteiger partial charge < -0.3 is 10.4 Å². The van der Waals surface area contributed by atoms with Crippen LogP contribution in [0.5, 0.6) is 0 Å². The number of aliphatic carboxylic acids is 1. The Morgan fingerprint density at radius 3 is 2.40 bits per heavy atom. The third kappa shape index (κ3) is 4.64. The minimum absolute atomic E-state index is 0.0175. The Hall–Kier alpha value is -1.92. The van der Waals surface area contributed by atoms with Crippen molar-refractivity contribution in [2.24, 2.45) is 0 Å². The molecule has 1 rings (SSSR count). The van der Waals surface area contributed by atoms with Crippen molar-refractivity contribution < 1.29 is 24.3 Å². The van der Waals surface area contributed by atoms with Gasteiger partial charge in [-0.15, -0.1) is 0 Å². The van der Waals surface area contributed by atoms with Crippen LogP contribution in [0.4, 0.5) is 0 Å². The standard InChI is InChI=1S/C13H20N2O5/c1-2-3-4-9(13(19)20)14-10(16)7-8-15-11(17)5-6-12(15)18/h9H,2-8H2,1H3,(H,14,16)(H,19,20)/t9-/m0/s1. The Bertz CT molecular complexity index is 392. The predicted octanol–water partition coefficient (Wildman–Crippen LogP) is 0.285. The van der Waals surface area contributed by atoms with Crippen LogP contribution in [0.25, 0.3) is 0 Å². The van der Waals surface area contributed by atoms with E-state index in [9.17, 15) is 19.2 Å². The van der Waals surface area contributed by atoms with Crippen molar-refractivity contribution in [2.45, 2.75) is 51.5 Å². The summed E-state index contributed by atoms with van der Waals surface area (Å²) in [6.45, 7) is 1.95. The van der Waals surface area contributed by atoms with Gasteiger partial charge in [0.25, 0.3) is 0 Å². The number of rotatable bonds is 8. The number of carboxylic acids is 1. The molecule has 20 heavy (non-hydrogen) atoms. The fraction of sp³-hybridized carbons (Fsp3) is 0.692. The molecule has 7 nitrogen and oxygen atoms in total. The molecule has 1 atom stereocenters. The first kappa shape index (κ1) is 16.1. The van der Waals surface area contributed by atoms with Crippen LogP contribution in [-0.2, 0) is 19.2 Å². The molecule has 0 aromatic carbocycles. The molecule has 0 aromatic rings. The molecule has 2 N–H and O–H groups in total. The molecule has 0 radical (unpaired) electrons. The largest absolute Gasteiger partial charge is 0.480 e. The summed E-state index contributed by atoms with van der Waals surface area (Å²) >= 11 is 0. The van der Waals surface area contributed by atoms with Crippen molar-refractivity contribution in [3.63, 3.8) is 0 Å². The van der Waals surface area contributed by atoms with E-state index in [4.69, 9.17) is 5.11 Å². The van der Waals surface area contributed by atoms with Crippen molar-refractivity contribution in [1.82, 2.24) is 10.2 Å². The fourth-order valence-electron chi connectivity index (χ4n) is 2.02. The number of hydrogen-bond acceptors (Lipinski definition) is 4. The average Bonchev–Trinajstić information content (AvgIpc) is 2.71. The van der Waals surface area contributed by atoms with Crippen molar-refractivity contribution in [3.05, 3.63) is 0 Å². The van der Waals surface area contributed by atoms with Crippen molar-refractivity contribution in [1.29, 1.82) is 0 Å². The summed E-state index contributed by atoms with van der Waals surface area (Å²) in [5.74, 6) is -2.08. The molecule has 0 aromatic heterocycles. The van der Waals surface area contributed by atoms with Crippen LogP contribution in [-0.4, -0.2) is 46.3 Å². The van der Waals surface area contributed by atoms with Crippen molar-refractivity contribution in [3.8, 4) is 0 Å². The SMILES string of the molecule is CCCC[C@H](NC(=O)CCN1C(=O)CCC1=O)C(=O)O. The lowest BCUT2D eigenvalue weighted by Gasteiger charge is -2.16. The molecule has 1 heterocycles. The zero-order valence-electron chi connectivity index (χ0n) is 11.6. The van der Waals surface area contributed by atoms with Gasteiger partial charge in [0.2, 0.25) is 17.7 Å². The van der Waals surface area contributed by atoms with E-state index in [0.29, 0.717) is 12.8 Å². The van der Waals surface area contributed by atoms with E-state index in [1.807, 2.05) is 6.92 Å². The second-order valence-corrected chi connectivity index (χ2v) is 4.79. The van der Waals surface area contributed by atoms with Gasteiger partial charge in [-0.3, -0.25) is 19.3 Å². The summed E-state index contributed by atoms with van der Waals surface area (Å²) in [5, 5.41) is 11.4. The van der Waals surface area contributed by atoms with Crippen LogP contribution < -0.4 is 5.32 Å². The van der Waals surface area contributed by atoms with Gasteiger partial charge in [0, 0.05) is 25.8 Å². The number of nitrogens with zero attached hydrogens (tertiary/aromatic N) is 1. The predicted molar refractivity (Wildman–Crippen MR) is 69.7 cm³/mol. The van der Waals surface area contributed by atoms with Gasteiger partial charge in [0.05, 0.1) is 0 Å². The van der Waals surface area contributed by atoms with Crippen molar-refractivity contribution >= 4 is 23.7 Å². The van der Waals surface area contributed by atoms with Gasteiger partial charge in [0.1, 0.15) is 6.04 Å². The van der Waals surface area contributed by atoms with E-state index >= 15 is 0 Å².